The summed E-state index contributed by atoms with van der Waals surface area (Å²) in [6.45, 7) is 13.6. The molecule has 9 heteroatoms. The molecule has 0 aliphatic carbocycles. The molecular formula is C18H37N5O3S. The number of guanidine groups is 1. The highest BCUT2D eigenvalue weighted by atomic mass is 32.2. The van der Waals surface area contributed by atoms with Crippen molar-refractivity contribution in [2.24, 2.45) is 10.9 Å². The number of rotatable bonds is 7. The van der Waals surface area contributed by atoms with Crippen molar-refractivity contribution in [1.29, 1.82) is 0 Å². The minimum atomic E-state index is -3.06. The Bertz CT molecular complexity index is 580. The predicted molar refractivity (Wildman–Crippen MR) is 110 cm³/mol. The van der Waals surface area contributed by atoms with Crippen LogP contribution in [0.25, 0.3) is 0 Å². The Morgan fingerprint density at radius 1 is 1.15 bits per heavy atom. The molecule has 158 valence electrons. The van der Waals surface area contributed by atoms with Gasteiger partial charge < -0.3 is 15.4 Å². The maximum absolute atomic E-state index is 11.6. The van der Waals surface area contributed by atoms with Gasteiger partial charge in [0.25, 0.3) is 0 Å². The van der Waals surface area contributed by atoms with Crippen LogP contribution in [0.1, 0.15) is 33.6 Å². The van der Waals surface area contributed by atoms with Crippen LogP contribution in [-0.4, -0.2) is 94.4 Å². The molecule has 2 N–H and O–H groups in total. The van der Waals surface area contributed by atoms with Gasteiger partial charge in [0.15, 0.2) is 5.96 Å². The Morgan fingerprint density at radius 2 is 1.78 bits per heavy atom. The van der Waals surface area contributed by atoms with Crippen LogP contribution in [-0.2, 0) is 14.8 Å². The summed E-state index contributed by atoms with van der Waals surface area (Å²) in [5.41, 5.74) is -0.00699. The second-order valence-corrected chi connectivity index (χ2v) is 10.1. The largest absolute Gasteiger partial charge is 0.379 e. The smallest absolute Gasteiger partial charge is 0.211 e. The molecule has 0 aromatic carbocycles. The summed E-state index contributed by atoms with van der Waals surface area (Å²) in [6, 6.07) is 0. The highest BCUT2D eigenvalue weighted by Crippen LogP contribution is 2.19. The van der Waals surface area contributed by atoms with Gasteiger partial charge in [-0.05, 0) is 39.5 Å². The van der Waals surface area contributed by atoms with Gasteiger partial charge in [-0.2, -0.15) is 0 Å². The molecule has 8 nitrogen and oxygen atoms in total. The Labute approximate surface area is 164 Å². The molecule has 0 spiro atoms. The van der Waals surface area contributed by atoms with Gasteiger partial charge in [0.2, 0.25) is 10.0 Å². The van der Waals surface area contributed by atoms with Crippen molar-refractivity contribution in [3.63, 3.8) is 0 Å². The van der Waals surface area contributed by atoms with E-state index < -0.39 is 10.0 Å². The highest BCUT2D eigenvalue weighted by molar-refractivity contribution is 7.88. The first-order valence-corrected chi connectivity index (χ1v) is 11.9. The Hall–Kier alpha value is -0.900. The van der Waals surface area contributed by atoms with Gasteiger partial charge in [-0.15, -0.1) is 0 Å². The average molecular weight is 404 g/mol. The molecular weight excluding hydrogens is 366 g/mol. The minimum absolute atomic E-state index is 0.00699. The lowest BCUT2D eigenvalue weighted by Crippen LogP contribution is -2.52. The molecule has 0 bridgehead atoms. The zero-order valence-electron chi connectivity index (χ0n) is 17.3. The molecule has 2 aliphatic rings. The number of morpholine rings is 1. The lowest BCUT2D eigenvalue weighted by atomic mass is 9.98. The first-order chi connectivity index (χ1) is 12.7. The summed E-state index contributed by atoms with van der Waals surface area (Å²) >= 11 is 0. The van der Waals surface area contributed by atoms with E-state index in [4.69, 9.17) is 9.73 Å². The minimum Gasteiger partial charge on any atom is -0.379 e. The Morgan fingerprint density at radius 3 is 2.33 bits per heavy atom. The van der Waals surface area contributed by atoms with Crippen LogP contribution in [0.2, 0.25) is 0 Å². The number of hydrogen-bond donors (Lipinski definition) is 2. The van der Waals surface area contributed by atoms with E-state index in [1.54, 1.807) is 4.31 Å². The monoisotopic (exact) mass is 403 g/mol. The fourth-order valence-corrected chi connectivity index (χ4v) is 4.44. The van der Waals surface area contributed by atoms with E-state index in [0.717, 1.165) is 64.7 Å². The van der Waals surface area contributed by atoms with Gasteiger partial charge in [-0.25, -0.2) is 12.7 Å². The van der Waals surface area contributed by atoms with E-state index in [0.29, 0.717) is 19.0 Å². The molecule has 2 heterocycles. The van der Waals surface area contributed by atoms with Crippen LogP contribution in [0.3, 0.4) is 0 Å². The Kier molecular flexibility index (Phi) is 8.33. The van der Waals surface area contributed by atoms with Gasteiger partial charge in [-0.3, -0.25) is 9.89 Å². The van der Waals surface area contributed by atoms with Crippen molar-refractivity contribution >= 4 is 16.0 Å². The van der Waals surface area contributed by atoms with Crippen LogP contribution in [0, 0.1) is 5.92 Å². The van der Waals surface area contributed by atoms with Gasteiger partial charge in [-0.1, -0.05) is 0 Å². The SMILES string of the molecule is CCNC(=NCC(C)(C)N1CCOCC1)NCC1CCN(S(C)(=O)=O)CC1. The fourth-order valence-electron chi connectivity index (χ4n) is 3.57. The van der Waals surface area contributed by atoms with E-state index in [-0.39, 0.29) is 5.54 Å². The summed E-state index contributed by atoms with van der Waals surface area (Å²) in [6.07, 6.45) is 3.06. The zero-order chi connectivity index (χ0) is 19.9. The normalized spacial score (nSPS) is 22.0. The van der Waals surface area contributed by atoms with Gasteiger partial charge in [0, 0.05) is 44.8 Å². The number of aliphatic imine (C=N–C) groups is 1. The number of nitrogens with zero attached hydrogens (tertiary/aromatic N) is 3. The molecule has 27 heavy (non-hydrogen) atoms. The van der Waals surface area contributed by atoms with Crippen LogP contribution in [0.15, 0.2) is 4.99 Å². The highest BCUT2D eigenvalue weighted by Gasteiger charge is 2.28. The maximum Gasteiger partial charge on any atom is 0.211 e. The van der Waals surface area contributed by atoms with Crippen LogP contribution in [0.5, 0.6) is 0 Å². The Balaban J connectivity index is 1.83. The zero-order valence-corrected chi connectivity index (χ0v) is 18.1. The molecule has 0 radical (unpaired) electrons. The van der Waals surface area contributed by atoms with Crippen molar-refractivity contribution < 1.29 is 13.2 Å². The standard InChI is InChI=1S/C18H37N5O3S/c1-5-19-17(21-15-18(2,3)22-10-12-26-13-11-22)20-14-16-6-8-23(9-7-16)27(4,24)25/h16H,5-15H2,1-4H3,(H2,19,20,21). The molecule has 0 aromatic rings. The lowest BCUT2D eigenvalue weighted by molar-refractivity contribution is -0.00684. The average Bonchev–Trinajstić information content (AvgIpc) is 2.64. The summed E-state index contributed by atoms with van der Waals surface area (Å²) in [5.74, 6) is 1.31. The number of piperidine rings is 1. The number of nitrogens with one attached hydrogen (secondary N) is 2. The van der Waals surface area contributed by atoms with E-state index in [9.17, 15) is 8.42 Å². The van der Waals surface area contributed by atoms with Crippen molar-refractivity contribution in [2.75, 3.05) is 65.3 Å². The van der Waals surface area contributed by atoms with Gasteiger partial charge in [0.05, 0.1) is 26.0 Å². The maximum atomic E-state index is 11.6. The molecule has 0 unspecified atom stereocenters. The van der Waals surface area contributed by atoms with E-state index in [1.807, 2.05) is 0 Å². The van der Waals surface area contributed by atoms with Gasteiger partial charge >= 0.3 is 0 Å². The van der Waals surface area contributed by atoms with Crippen molar-refractivity contribution in [2.45, 2.75) is 39.2 Å². The fraction of sp³-hybridized carbons (Fsp3) is 0.944. The third kappa shape index (κ3) is 7.21. The van der Waals surface area contributed by atoms with Crippen LogP contribution >= 0.6 is 0 Å². The van der Waals surface area contributed by atoms with E-state index >= 15 is 0 Å². The quantitative estimate of drug-likeness (QED) is 0.470. The number of sulfonamides is 1. The summed E-state index contributed by atoms with van der Waals surface area (Å²) < 4.78 is 30.3. The van der Waals surface area contributed by atoms with E-state index in [2.05, 4.69) is 36.3 Å². The van der Waals surface area contributed by atoms with Crippen molar-refractivity contribution in [1.82, 2.24) is 19.8 Å². The van der Waals surface area contributed by atoms with Crippen LogP contribution in [0.4, 0.5) is 0 Å². The summed E-state index contributed by atoms with van der Waals surface area (Å²) in [4.78, 5) is 7.24. The van der Waals surface area contributed by atoms with E-state index in [1.165, 1.54) is 6.26 Å². The molecule has 0 saturated carbocycles. The van der Waals surface area contributed by atoms with Crippen LogP contribution < -0.4 is 10.6 Å². The number of ether oxygens (including phenoxy) is 1. The topological polar surface area (TPSA) is 86.3 Å². The number of hydrogen-bond acceptors (Lipinski definition) is 5. The van der Waals surface area contributed by atoms with Crippen molar-refractivity contribution in [3.8, 4) is 0 Å². The second-order valence-electron chi connectivity index (χ2n) is 8.09. The third-order valence-corrected chi connectivity index (χ3v) is 6.74. The molecule has 2 rings (SSSR count). The first kappa shape index (κ1) is 22.4. The molecule has 0 aromatic heterocycles. The lowest BCUT2D eigenvalue weighted by Gasteiger charge is -2.40. The second kappa shape index (κ2) is 10.0. The van der Waals surface area contributed by atoms with Gasteiger partial charge in [0.1, 0.15) is 0 Å². The third-order valence-electron chi connectivity index (χ3n) is 5.44. The summed E-state index contributed by atoms with van der Waals surface area (Å²) in [7, 11) is -3.06. The first-order valence-electron chi connectivity index (χ1n) is 10.0. The molecule has 2 aliphatic heterocycles. The molecule has 0 atom stereocenters. The predicted octanol–water partition coefficient (Wildman–Crippen LogP) is 0.324. The van der Waals surface area contributed by atoms with Crippen molar-refractivity contribution in [3.05, 3.63) is 0 Å². The molecule has 2 saturated heterocycles. The summed E-state index contributed by atoms with van der Waals surface area (Å²) in [5, 5.41) is 6.77. The molecule has 0 amide bonds. The molecule has 2 fully saturated rings.